The number of rotatable bonds is 14. The monoisotopic (exact) mass is 585 g/mol. The van der Waals surface area contributed by atoms with Crippen LogP contribution < -0.4 is 10.6 Å². The van der Waals surface area contributed by atoms with Crippen LogP contribution in [0.2, 0.25) is 0 Å². The number of H-pyrrole nitrogens is 1. The van der Waals surface area contributed by atoms with E-state index < -0.39 is 6.04 Å². The van der Waals surface area contributed by atoms with E-state index >= 15 is 0 Å². The van der Waals surface area contributed by atoms with Crippen molar-refractivity contribution in [1.82, 2.24) is 15.6 Å². The molecule has 1 heterocycles. The lowest BCUT2D eigenvalue weighted by Gasteiger charge is -2.19. The van der Waals surface area contributed by atoms with Crippen molar-refractivity contribution in [1.29, 1.82) is 0 Å². The highest BCUT2D eigenvalue weighted by atomic mass is 16.2. The lowest BCUT2D eigenvalue weighted by molar-refractivity contribution is -0.123. The summed E-state index contributed by atoms with van der Waals surface area (Å²) in [6.07, 6.45) is 4.01. The van der Waals surface area contributed by atoms with E-state index in [1.807, 2.05) is 72.8 Å². The van der Waals surface area contributed by atoms with Gasteiger partial charge < -0.3 is 20.4 Å². The number of Topliss-reactive ketones (excluding diaryl/α,β-unsaturated/α-hetero) is 1. The lowest BCUT2D eigenvalue weighted by Crippen LogP contribution is -2.47. The molecule has 0 unspecified atom stereocenters. The Kier molecular flexibility index (Phi) is 10.4. The van der Waals surface area contributed by atoms with E-state index in [4.69, 9.17) is 0 Å². The van der Waals surface area contributed by atoms with Gasteiger partial charge in [0.25, 0.3) is 5.91 Å². The number of hydrogen-bond acceptors (Lipinski definition) is 3. The van der Waals surface area contributed by atoms with Crippen molar-refractivity contribution in [3.8, 4) is 22.4 Å². The predicted molar refractivity (Wildman–Crippen MR) is 177 cm³/mol. The highest BCUT2D eigenvalue weighted by molar-refractivity contribution is 5.98. The molecule has 0 aliphatic heterocycles. The van der Waals surface area contributed by atoms with Gasteiger partial charge in [0.2, 0.25) is 5.91 Å². The minimum Gasteiger partial charge on any atom is -0.354 e. The summed E-state index contributed by atoms with van der Waals surface area (Å²) < 4.78 is 0. The normalized spacial score (nSPS) is 11.7. The summed E-state index contributed by atoms with van der Waals surface area (Å²) in [6.45, 7) is 2.03. The van der Waals surface area contributed by atoms with Gasteiger partial charge in [-0.05, 0) is 66.6 Å². The number of aromatic amines is 1. The molecule has 2 amide bonds. The van der Waals surface area contributed by atoms with Crippen LogP contribution in [-0.2, 0) is 16.0 Å². The molecule has 0 radical (unpaired) electrons. The molecule has 0 saturated carbocycles. The van der Waals surface area contributed by atoms with Crippen molar-refractivity contribution < 1.29 is 14.4 Å². The number of hydrogen-bond donors (Lipinski definition) is 3. The lowest BCUT2D eigenvalue weighted by atomic mass is 10.0. The van der Waals surface area contributed by atoms with Gasteiger partial charge in [-0.1, -0.05) is 104 Å². The highest BCUT2D eigenvalue weighted by Gasteiger charge is 2.22. The fourth-order valence-electron chi connectivity index (χ4n) is 5.60. The molecule has 6 nitrogen and oxygen atoms in total. The van der Waals surface area contributed by atoms with Gasteiger partial charge in [-0.3, -0.25) is 9.59 Å². The topological polar surface area (TPSA) is 91.1 Å². The number of fused-ring (bicyclic) bond motifs is 1. The van der Waals surface area contributed by atoms with Crippen molar-refractivity contribution in [3.63, 3.8) is 0 Å². The Morgan fingerprint density at radius 2 is 1.34 bits per heavy atom. The largest absolute Gasteiger partial charge is 0.354 e. The number of ketones is 1. The quantitative estimate of drug-likeness (QED) is 0.118. The number of nitrogens with one attached hydrogen (secondary N) is 3. The summed E-state index contributed by atoms with van der Waals surface area (Å²) in [5.74, 6) is -0.317. The molecule has 5 aromatic rings. The van der Waals surface area contributed by atoms with Crippen LogP contribution in [0.15, 0.2) is 109 Å². The first kappa shape index (κ1) is 30.5. The highest BCUT2D eigenvalue weighted by Crippen LogP contribution is 2.30. The van der Waals surface area contributed by atoms with E-state index in [1.54, 1.807) is 19.1 Å². The third kappa shape index (κ3) is 7.90. The summed E-state index contributed by atoms with van der Waals surface area (Å²) in [5, 5.41) is 7.20. The zero-order valence-corrected chi connectivity index (χ0v) is 25.1. The molecule has 1 aromatic heterocycles. The zero-order valence-electron chi connectivity index (χ0n) is 25.1. The SMILES string of the molecule is CC(=O)CCCCC[C@H](NC(=O)c1ccc(-c2ccccc2)cc1)C(=O)NCCc1c(-c2ccccc2)[nH]c2ccccc12. The molecular formula is C38H39N3O3. The second kappa shape index (κ2) is 15.0. The van der Waals surface area contributed by atoms with E-state index in [0.29, 0.717) is 31.4 Å². The van der Waals surface area contributed by atoms with Crippen LogP contribution in [0.1, 0.15) is 54.9 Å². The number of benzene rings is 4. The van der Waals surface area contributed by atoms with E-state index in [9.17, 15) is 14.4 Å². The van der Waals surface area contributed by atoms with Crippen molar-refractivity contribution in [2.45, 2.75) is 51.5 Å². The molecule has 0 bridgehead atoms. The van der Waals surface area contributed by atoms with Crippen molar-refractivity contribution in [2.24, 2.45) is 0 Å². The second-order valence-electron chi connectivity index (χ2n) is 11.2. The molecular weight excluding hydrogens is 546 g/mol. The van der Waals surface area contributed by atoms with Crippen LogP contribution in [0.3, 0.4) is 0 Å². The van der Waals surface area contributed by atoms with Crippen LogP contribution in [-0.4, -0.2) is 35.2 Å². The molecule has 3 N–H and O–H groups in total. The Morgan fingerprint density at radius 3 is 2.05 bits per heavy atom. The fourth-order valence-corrected chi connectivity index (χ4v) is 5.60. The molecule has 0 aliphatic carbocycles. The van der Waals surface area contributed by atoms with Crippen molar-refractivity contribution in [3.05, 3.63) is 120 Å². The number of amides is 2. The maximum absolute atomic E-state index is 13.5. The van der Waals surface area contributed by atoms with Gasteiger partial charge in [0.05, 0.1) is 0 Å². The first-order chi connectivity index (χ1) is 21.5. The molecule has 0 saturated heterocycles. The average molecular weight is 586 g/mol. The first-order valence-electron chi connectivity index (χ1n) is 15.4. The molecule has 5 rings (SSSR count). The summed E-state index contributed by atoms with van der Waals surface area (Å²) >= 11 is 0. The Hall–Kier alpha value is -4.97. The molecule has 0 fully saturated rings. The molecule has 6 heteroatoms. The third-order valence-electron chi connectivity index (χ3n) is 7.95. The van der Waals surface area contributed by atoms with Crippen LogP contribution in [0.25, 0.3) is 33.3 Å². The van der Waals surface area contributed by atoms with E-state index in [2.05, 4.69) is 39.9 Å². The molecule has 224 valence electrons. The zero-order chi connectivity index (χ0) is 30.7. The summed E-state index contributed by atoms with van der Waals surface area (Å²) in [6, 6.07) is 35.1. The standard InChI is InChI=1S/C38H39N3O3/c1-27(42)13-5-2-10-20-35(41-37(43)31-23-21-29(22-24-31)28-14-6-3-7-15-28)38(44)39-26-25-33-32-18-11-12-19-34(32)40-36(33)30-16-8-4-9-17-30/h3-4,6-9,11-12,14-19,21-24,35,40H,2,5,10,13,20,25-26H2,1H3,(H,39,44)(H,41,43)/t35-/m0/s1. The number of carbonyl (C=O) groups excluding carboxylic acids is 3. The van der Waals surface area contributed by atoms with Crippen LogP contribution in [0.5, 0.6) is 0 Å². The van der Waals surface area contributed by atoms with Crippen molar-refractivity contribution >= 4 is 28.5 Å². The van der Waals surface area contributed by atoms with Gasteiger partial charge in [-0.2, -0.15) is 0 Å². The molecule has 1 atom stereocenters. The minimum absolute atomic E-state index is 0.165. The Morgan fingerprint density at radius 1 is 0.705 bits per heavy atom. The summed E-state index contributed by atoms with van der Waals surface area (Å²) in [5.41, 5.74) is 6.96. The smallest absolute Gasteiger partial charge is 0.251 e. The van der Waals surface area contributed by atoms with E-state index in [0.717, 1.165) is 58.1 Å². The summed E-state index contributed by atoms with van der Waals surface area (Å²) in [7, 11) is 0. The molecule has 0 spiro atoms. The molecule has 4 aromatic carbocycles. The maximum atomic E-state index is 13.5. The van der Waals surface area contributed by atoms with Gasteiger partial charge in [0, 0.05) is 35.1 Å². The number of aromatic nitrogens is 1. The average Bonchev–Trinajstić information content (AvgIpc) is 3.43. The predicted octanol–water partition coefficient (Wildman–Crippen LogP) is 7.50. The maximum Gasteiger partial charge on any atom is 0.251 e. The summed E-state index contributed by atoms with van der Waals surface area (Å²) in [4.78, 5) is 41.6. The van der Waals surface area contributed by atoms with Gasteiger partial charge in [-0.15, -0.1) is 0 Å². The number of unbranched alkanes of at least 4 members (excludes halogenated alkanes) is 2. The van der Waals surface area contributed by atoms with Crippen molar-refractivity contribution in [2.75, 3.05) is 6.54 Å². The molecule has 44 heavy (non-hydrogen) atoms. The van der Waals surface area contributed by atoms with Gasteiger partial charge in [-0.25, -0.2) is 0 Å². The fraction of sp³-hybridized carbons (Fsp3) is 0.237. The minimum atomic E-state index is -0.676. The van der Waals surface area contributed by atoms with Gasteiger partial charge in [0.15, 0.2) is 0 Å². The number of carbonyl (C=O) groups is 3. The Bertz CT molecular complexity index is 1690. The van der Waals surface area contributed by atoms with E-state index in [-0.39, 0.29) is 17.6 Å². The Labute approximate surface area is 258 Å². The van der Waals surface area contributed by atoms with Crippen LogP contribution in [0, 0.1) is 0 Å². The Balaban J connectivity index is 1.26. The van der Waals surface area contributed by atoms with Gasteiger partial charge in [0.1, 0.15) is 11.8 Å². The van der Waals surface area contributed by atoms with Gasteiger partial charge >= 0.3 is 0 Å². The first-order valence-corrected chi connectivity index (χ1v) is 15.4. The molecule has 0 aliphatic rings. The van der Waals surface area contributed by atoms with Crippen LogP contribution >= 0.6 is 0 Å². The second-order valence-corrected chi connectivity index (χ2v) is 11.2. The number of para-hydroxylation sites is 1. The van der Waals surface area contributed by atoms with Crippen LogP contribution in [0.4, 0.5) is 0 Å². The van der Waals surface area contributed by atoms with E-state index in [1.165, 1.54) is 0 Å². The third-order valence-corrected chi connectivity index (χ3v) is 7.95.